The number of rotatable bonds is 5. The van der Waals surface area contributed by atoms with Crippen LogP contribution in [0, 0.1) is 0 Å². The van der Waals surface area contributed by atoms with Gasteiger partial charge in [0.05, 0.1) is 0 Å². The third-order valence-corrected chi connectivity index (χ3v) is 6.15. The van der Waals surface area contributed by atoms with Crippen molar-refractivity contribution in [1.29, 1.82) is 0 Å². The van der Waals surface area contributed by atoms with Crippen molar-refractivity contribution in [1.82, 2.24) is 4.90 Å². The van der Waals surface area contributed by atoms with Gasteiger partial charge in [0.15, 0.2) is 11.6 Å². The smallest absolute Gasteiger partial charge is 0.255 e. The van der Waals surface area contributed by atoms with E-state index in [0.717, 1.165) is 28.7 Å². The molecule has 0 spiro atoms. The quantitative estimate of drug-likeness (QED) is 0.598. The Morgan fingerprint density at radius 1 is 0.968 bits per heavy atom. The van der Waals surface area contributed by atoms with Crippen molar-refractivity contribution in [2.75, 3.05) is 6.54 Å². The Hall–Kier alpha value is -3.40. The number of hydrogen-bond acceptors (Lipinski definition) is 3. The summed E-state index contributed by atoms with van der Waals surface area (Å²) in [6.45, 7) is 3.40. The fourth-order valence-electron chi connectivity index (χ4n) is 4.72. The molecule has 2 aliphatic rings. The molecule has 0 bridgehead atoms. The highest BCUT2D eigenvalue weighted by atomic mass is 16.5. The van der Waals surface area contributed by atoms with Gasteiger partial charge < -0.3 is 9.64 Å². The van der Waals surface area contributed by atoms with E-state index in [9.17, 15) is 4.79 Å². The summed E-state index contributed by atoms with van der Waals surface area (Å²) in [7, 11) is 0. The summed E-state index contributed by atoms with van der Waals surface area (Å²) in [4.78, 5) is 21.2. The molecule has 2 aliphatic heterocycles. The van der Waals surface area contributed by atoms with Crippen LogP contribution in [0.25, 0.3) is 0 Å². The van der Waals surface area contributed by atoms with Crippen LogP contribution in [0.1, 0.15) is 41.7 Å². The lowest BCUT2D eigenvalue weighted by molar-refractivity contribution is -0.139. The second-order valence-electron chi connectivity index (χ2n) is 8.29. The lowest BCUT2D eigenvalue weighted by Gasteiger charge is -2.32. The van der Waals surface area contributed by atoms with E-state index in [4.69, 9.17) is 9.73 Å². The van der Waals surface area contributed by atoms with Crippen molar-refractivity contribution in [3.63, 3.8) is 0 Å². The van der Waals surface area contributed by atoms with Gasteiger partial charge in [0.2, 0.25) is 5.90 Å². The summed E-state index contributed by atoms with van der Waals surface area (Å²) in [6.07, 6.45) is 0.951. The number of carbonyl (C=O) groups excluding carboxylic acids is 1. The molecule has 0 N–H and O–H groups in total. The molecular weight excluding hydrogens is 384 g/mol. The average molecular weight is 411 g/mol. The zero-order valence-electron chi connectivity index (χ0n) is 17.7. The molecule has 4 nitrogen and oxygen atoms in total. The average Bonchev–Trinajstić information content (AvgIpc) is 3.16. The topological polar surface area (TPSA) is 41.9 Å². The van der Waals surface area contributed by atoms with Gasteiger partial charge in [0, 0.05) is 30.6 Å². The first kappa shape index (κ1) is 19.6. The van der Waals surface area contributed by atoms with Crippen LogP contribution in [0.5, 0.6) is 0 Å². The highest BCUT2D eigenvalue weighted by molar-refractivity contribution is 6.01. The number of nitrogens with zero attached hydrogens (tertiary/aromatic N) is 2. The molecule has 2 atom stereocenters. The van der Waals surface area contributed by atoms with E-state index in [2.05, 4.69) is 31.2 Å². The number of fused-ring (bicyclic) bond motifs is 3. The Bertz CT molecular complexity index is 1110. The van der Waals surface area contributed by atoms with Crippen LogP contribution in [0.4, 0.5) is 0 Å². The molecule has 5 rings (SSSR count). The van der Waals surface area contributed by atoms with E-state index in [0.29, 0.717) is 25.4 Å². The summed E-state index contributed by atoms with van der Waals surface area (Å²) in [6, 6.07) is 28.3. The number of hydrogen-bond donors (Lipinski definition) is 0. The third-order valence-electron chi connectivity index (χ3n) is 6.15. The van der Waals surface area contributed by atoms with Crippen molar-refractivity contribution < 1.29 is 9.53 Å². The van der Waals surface area contributed by atoms with Crippen molar-refractivity contribution in [3.05, 3.63) is 107 Å². The minimum Gasteiger partial charge on any atom is -0.466 e. The first-order valence-electron chi connectivity index (χ1n) is 10.9. The van der Waals surface area contributed by atoms with Gasteiger partial charge in [-0.2, -0.15) is 0 Å². The van der Waals surface area contributed by atoms with Crippen LogP contribution < -0.4 is 0 Å². The Morgan fingerprint density at radius 3 is 2.39 bits per heavy atom. The van der Waals surface area contributed by atoms with Crippen molar-refractivity contribution in [2.45, 2.75) is 38.0 Å². The molecule has 4 heteroatoms. The molecule has 0 aromatic heterocycles. The molecule has 3 aromatic carbocycles. The molecular formula is C27H26N2O2. The van der Waals surface area contributed by atoms with Gasteiger partial charge in [-0.05, 0) is 29.7 Å². The molecule has 0 saturated carbocycles. The number of aliphatic imine (C=N–C) groups is 1. The molecule has 3 aromatic rings. The maximum atomic E-state index is 14.1. The van der Waals surface area contributed by atoms with Gasteiger partial charge in [-0.3, -0.25) is 4.79 Å². The Balaban J connectivity index is 1.70. The van der Waals surface area contributed by atoms with E-state index < -0.39 is 11.6 Å². The lowest BCUT2D eigenvalue weighted by Crippen LogP contribution is -2.50. The monoisotopic (exact) mass is 410 g/mol. The largest absolute Gasteiger partial charge is 0.466 e. The first-order chi connectivity index (χ1) is 15.2. The van der Waals surface area contributed by atoms with Gasteiger partial charge in [-0.1, -0.05) is 79.7 Å². The molecule has 31 heavy (non-hydrogen) atoms. The van der Waals surface area contributed by atoms with E-state index in [1.165, 1.54) is 0 Å². The normalized spacial score (nSPS) is 22.2. The molecule has 156 valence electrons. The second-order valence-corrected chi connectivity index (χ2v) is 8.29. The van der Waals surface area contributed by atoms with Crippen LogP contribution in [0.3, 0.4) is 0 Å². The standard InChI is InChI=1S/C27H26N2O2/c1-2-17-29-19-22-15-9-10-16-23(22)24-27(26(29)30,18-20-11-5-3-6-12-20)28-25(31-24)21-13-7-4-8-14-21/h3-16,24H,2,17-19H2,1H3/t24-,27-/m0/s1. The van der Waals surface area contributed by atoms with Crippen molar-refractivity contribution in [2.24, 2.45) is 4.99 Å². The van der Waals surface area contributed by atoms with Crippen LogP contribution in [-0.4, -0.2) is 28.8 Å². The Kier molecular flexibility index (Phi) is 5.06. The van der Waals surface area contributed by atoms with Gasteiger partial charge in [0.1, 0.15) is 0 Å². The summed E-state index contributed by atoms with van der Waals surface area (Å²) in [5.41, 5.74) is 3.15. The zero-order chi connectivity index (χ0) is 21.3. The van der Waals surface area contributed by atoms with E-state index in [1.807, 2.05) is 65.6 Å². The summed E-state index contributed by atoms with van der Waals surface area (Å²) < 4.78 is 6.53. The molecule has 0 aliphatic carbocycles. The molecule has 0 unspecified atom stereocenters. The minimum absolute atomic E-state index is 0.0466. The molecule has 0 radical (unpaired) electrons. The highest BCUT2D eigenvalue weighted by Crippen LogP contribution is 2.46. The molecule has 1 amide bonds. The predicted octanol–water partition coefficient (Wildman–Crippen LogP) is 4.94. The predicted molar refractivity (Wildman–Crippen MR) is 122 cm³/mol. The Labute approximate surface area is 183 Å². The number of amides is 1. The maximum absolute atomic E-state index is 14.1. The number of carbonyl (C=O) groups is 1. The minimum atomic E-state index is -1.02. The van der Waals surface area contributed by atoms with Crippen LogP contribution in [0.2, 0.25) is 0 Å². The van der Waals surface area contributed by atoms with Gasteiger partial charge >= 0.3 is 0 Å². The second kappa shape index (κ2) is 8.03. The molecule has 0 fully saturated rings. The number of ether oxygens (including phenoxy) is 1. The van der Waals surface area contributed by atoms with Crippen LogP contribution >= 0.6 is 0 Å². The van der Waals surface area contributed by atoms with Crippen molar-refractivity contribution >= 4 is 11.8 Å². The summed E-state index contributed by atoms with van der Waals surface area (Å²) in [5, 5.41) is 0. The SMILES string of the molecule is CCCN1Cc2ccccc2[C@@H]2OC(c3ccccc3)=N[C@]2(Cc2ccccc2)C1=O. The lowest BCUT2D eigenvalue weighted by atomic mass is 9.81. The van der Waals surface area contributed by atoms with Crippen LogP contribution in [0.15, 0.2) is 89.9 Å². The summed E-state index contributed by atoms with van der Waals surface area (Å²) >= 11 is 0. The highest BCUT2D eigenvalue weighted by Gasteiger charge is 2.56. The molecule has 2 heterocycles. The fourth-order valence-corrected chi connectivity index (χ4v) is 4.72. The maximum Gasteiger partial charge on any atom is 0.255 e. The van der Waals surface area contributed by atoms with Crippen molar-refractivity contribution in [3.8, 4) is 0 Å². The Morgan fingerprint density at radius 2 is 1.65 bits per heavy atom. The van der Waals surface area contributed by atoms with E-state index >= 15 is 0 Å². The fraction of sp³-hybridized carbons (Fsp3) is 0.259. The van der Waals surface area contributed by atoms with E-state index in [1.54, 1.807) is 0 Å². The van der Waals surface area contributed by atoms with E-state index in [-0.39, 0.29) is 5.91 Å². The van der Waals surface area contributed by atoms with Gasteiger partial charge in [-0.15, -0.1) is 0 Å². The van der Waals surface area contributed by atoms with Gasteiger partial charge in [0.25, 0.3) is 5.91 Å². The van der Waals surface area contributed by atoms with Crippen LogP contribution in [-0.2, 0) is 22.5 Å². The summed E-state index contributed by atoms with van der Waals surface area (Å²) in [5.74, 6) is 0.591. The number of benzene rings is 3. The first-order valence-corrected chi connectivity index (χ1v) is 10.9. The zero-order valence-corrected chi connectivity index (χ0v) is 17.7. The van der Waals surface area contributed by atoms with Gasteiger partial charge in [-0.25, -0.2) is 4.99 Å². The molecule has 0 saturated heterocycles. The third kappa shape index (κ3) is 3.42.